The van der Waals surface area contributed by atoms with Gasteiger partial charge in [-0.2, -0.15) is 5.26 Å². The number of nitrogens with zero attached hydrogens (tertiary/aromatic N) is 4. The lowest BCUT2D eigenvalue weighted by molar-refractivity contribution is 0.106. The van der Waals surface area contributed by atoms with Gasteiger partial charge in [-0.05, 0) is 32.3 Å². The molecule has 0 radical (unpaired) electrons. The molecular formula is C9H17N5O. The quantitative estimate of drug-likeness (QED) is 0.286. The van der Waals surface area contributed by atoms with E-state index < -0.39 is 5.54 Å². The fourth-order valence-corrected chi connectivity index (χ4v) is 0.988. The SMILES string of the molecule is CCOCC(C)(C#N)NCCCN=[N+]=[N-]. The van der Waals surface area contributed by atoms with Gasteiger partial charge in [0.1, 0.15) is 5.54 Å². The summed E-state index contributed by atoms with van der Waals surface area (Å²) in [6.07, 6.45) is 0.716. The molecule has 0 aliphatic rings. The molecule has 0 rings (SSSR count). The van der Waals surface area contributed by atoms with Crippen LogP contribution >= 0.6 is 0 Å². The fourth-order valence-electron chi connectivity index (χ4n) is 0.988. The zero-order chi connectivity index (χ0) is 11.6. The highest BCUT2D eigenvalue weighted by Crippen LogP contribution is 2.02. The van der Waals surface area contributed by atoms with E-state index in [1.54, 1.807) is 6.92 Å². The van der Waals surface area contributed by atoms with E-state index in [4.69, 9.17) is 15.5 Å². The van der Waals surface area contributed by atoms with E-state index in [2.05, 4.69) is 21.4 Å². The Morgan fingerprint density at radius 3 is 2.93 bits per heavy atom. The summed E-state index contributed by atoms with van der Waals surface area (Å²) in [6.45, 7) is 5.71. The molecule has 0 aromatic carbocycles. The van der Waals surface area contributed by atoms with Gasteiger partial charge in [-0.25, -0.2) is 0 Å². The minimum atomic E-state index is -0.660. The highest BCUT2D eigenvalue weighted by Gasteiger charge is 2.22. The van der Waals surface area contributed by atoms with Gasteiger partial charge in [0.15, 0.2) is 0 Å². The molecule has 0 aromatic rings. The van der Waals surface area contributed by atoms with E-state index in [1.165, 1.54) is 0 Å². The van der Waals surface area contributed by atoms with Crippen molar-refractivity contribution in [1.82, 2.24) is 5.32 Å². The summed E-state index contributed by atoms with van der Waals surface area (Å²) >= 11 is 0. The predicted octanol–water partition coefficient (Wildman–Crippen LogP) is 1.60. The molecule has 6 heteroatoms. The Morgan fingerprint density at radius 1 is 1.67 bits per heavy atom. The van der Waals surface area contributed by atoms with Gasteiger partial charge in [0.2, 0.25) is 0 Å². The first-order valence-corrected chi connectivity index (χ1v) is 4.93. The first-order chi connectivity index (χ1) is 7.18. The van der Waals surface area contributed by atoms with Crippen molar-refractivity contribution in [3.8, 4) is 6.07 Å². The Kier molecular flexibility index (Phi) is 7.38. The molecule has 0 saturated carbocycles. The molecule has 0 spiro atoms. The van der Waals surface area contributed by atoms with E-state index in [9.17, 15) is 0 Å². The van der Waals surface area contributed by atoms with Crippen molar-refractivity contribution in [3.63, 3.8) is 0 Å². The van der Waals surface area contributed by atoms with Crippen molar-refractivity contribution in [1.29, 1.82) is 5.26 Å². The van der Waals surface area contributed by atoms with Crippen molar-refractivity contribution in [2.75, 3.05) is 26.3 Å². The number of azide groups is 1. The van der Waals surface area contributed by atoms with E-state index in [0.717, 1.165) is 0 Å². The Balaban J connectivity index is 3.78. The lowest BCUT2D eigenvalue weighted by atomic mass is 10.1. The van der Waals surface area contributed by atoms with Gasteiger partial charge in [-0.15, -0.1) is 0 Å². The summed E-state index contributed by atoms with van der Waals surface area (Å²) in [5.74, 6) is 0. The third-order valence-corrected chi connectivity index (χ3v) is 1.85. The van der Waals surface area contributed by atoms with Crippen LogP contribution in [0.2, 0.25) is 0 Å². The summed E-state index contributed by atoms with van der Waals surface area (Å²) < 4.78 is 5.20. The smallest absolute Gasteiger partial charge is 0.127 e. The van der Waals surface area contributed by atoms with Crippen LogP contribution in [0.5, 0.6) is 0 Å². The summed E-state index contributed by atoms with van der Waals surface area (Å²) in [6, 6.07) is 2.16. The molecule has 0 aromatic heterocycles. The molecule has 1 unspecified atom stereocenters. The second kappa shape index (κ2) is 8.06. The molecule has 0 saturated heterocycles. The van der Waals surface area contributed by atoms with Crippen molar-refractivity contribution < 1.29 is 4.74 Å². The standard InChI is InChI=1S/C9H17N5O/c1-3-15-8-9(2,7-10)12-5-4-6-13-14-11/h12H,3-6,8H2,1-2H3. The van der Waals surface area contributed by atoms with Gasteiger partial charge in [-0.1, -0.05) is 5.11 Å². The number of nitriles is 1. The molecule has 0 aliphatic heterocycles. The van der Waals surface area contributed by atoms with Crippen LogP contribution in [0, 0.1) is 11.3 Å². The van der Waals surface area contributed by atoms with E-state index in [0.29, 0.717) is 32.7 Å². The summed E-state index contributed by atoms with van der Waals surface area (Å²) in [5, 5.41) is 15.4. The molecule has 0 bridgehead atoms. The Hall–Kier alpha value is -1.28. The maximum atomic E-state index is 8.94. The Labute approximate surface area is 89.8 Å². The van der Waals surface area contributed by atoms with Crippen LogP contribution < -0.4 is 5.32 Å². The van der Waals surface area contributed by atoms with Crippen LogP contribution in [0.4, 0.5) is 0 Å². The topological polar surface area (TPSA) is 93.8 Å². The number of hydrogen-bond donors (Lipinski definition) is 1. The van der Waals surface area contributed by atoms with E-state index in [-0.39, 0.29) is 0 Å². The molecule has 1 atom stereocenters. The Morgan fingerprint density at radius 2 is 2.40 bits per heavy atom. The lowest BCUT2D eigenvalue weighted by Gasteiger charge is -2.22. The molecule has 0 heterocycles. The summed E-state index contributed by atoms with van der Waals surface area (Å²) in [5.41, 5.74) is 7.39. The van der Waals surface area contributed by atoms with Gasteiger partial charge >= 0.3 is 0 Å². The lowest BCUT2D eigenvalue weighted by Crippen LogP contribution is -2.45. The monoisotopic (exact) mass is 211 g/mol. The van der Waals surface area contributed by atoms with Crippen LogP contribution in [0.15, 0.2) is 5.11 Å². The first kappa shape index (κ1) is 13.7. The molecule has 0 aliphatic carbocycles. The highest BCUT2D eigenvalue weighted by molar-refractivity contribution is 5.03. The van der Waals surface area contributed by atoms with Crippen molar-refractivity contribution in [3.05, 3.63) is 10.4 Å². The van der Waals surface area contributed by atoms with Gasteiger partial charge < -0.3 is 4.74 Å². The average molecular weight is 211 g/mol. The third kappa shape index (κ3) is 6.75. The zero-order valence-electron chi connectivity index (χ0n) is 9.23. The molecule has 1 N–H and O–H groups in total. The maximum absolute atomic E-state index is 8.94. The fraction of sp³-hybridized carbons (Fsp3) is 0.889. The molecule has 15 heavy (non-hydrogen) atoms. The van der Waals surface area contributed by atoms with Gasteiger partial charge in [0.05, 0.1) is 12.7 Å². The second-order valence-corrected chi connectivity index (χ2v) is 3.32. The normalized spacial score (nSPS) is 13.7. The third-order valence-electron chi connectivity index (χ3n) is 1.85. The van der Waals surface area contributed by atoms with E-state index >= 15 is 0 Å². The number of hydrogen-bond acceptors (Lipinski definition) is 4. The van der Waals surface area contributed by atoms with Crippen molar-refractivity contribution in [2.45, 2.75) is 25.8 Å². The summed E-state index contributed by atoms with van der Waals surface area (Å²) in [4.78, 5) is 2.65. The number of rotatable bonds is 8. The van der Waals surface area contributed by atoms with Gasteiger partial charge in [0.25, 0.3) is 0 Å². The molecule has 0 amide bonds. The number of nitrogens with one attached hydrogen (secondary N) is 1. The van der Waals surface area contributed by atoms with Crippen LogP contribution in [0.25, 0.3) is 10.4 Å². The van der Waals surface area contributed by atoms with Gasteiger partial charge in [-0.3, -0.25) is 5.32 Å². The molecular weight excluding hydrogens is 194 g/mol. The maximum Gasteiger partial charge on any atom is 0.127 e. The highest BCUT2D eigenvalue weighted by atomic mass is 16.5. The minimum absolute atomic E-state index is 0.363. The van der Waals surface area contributed by atoms with Crippen molar-refractivity contribution in [2.24, 2.45) is 5.11 Å². The molecule has 6 nitrogen and oxygen atoms in total. The molecule has 0 fully saturated rings. The largest absolute Gasteiger partial charge is 0.379 e. The van der Waals surface area contributed by atoms with Crippen LogP contribution in [0.3, 0.4) is 0 Å². The van der Waals surface area contributed by atoms with Crippen LogP contribution in [0.1, 0.15) is 20.3 Å². The van der Waals surface area contributed by atoms with Crippen LogP contribution in [-0.4, -0.2) is 31.8 Å². The van der Waals surface area contributed by atoms with E-state index in [1.807, 2.05) is 6.92 Å². The van der Waals surface area contributed by atoms with Gasteiger partial charge in [0, 0.05) is 18.1 Å². The Bertz CT molecular complexity index is 256. The van der Waals surface area contributed by atoms with Crippen molar-refractivity contribution >= 4 is 0 Å². The summed E-state index contributed by atoms with van der Waals surface area (Å²) in [7, 11) is 0. The zero-order valence-corrected chi connectivity index (χ0v) is 9.23. The molecule has 84 valence electrons. The minimum Gasteiger partial charge on any atom is -0.379 e. The average Bonchev–Trinajstić information content (AvgIpc) is 2.26. The second-order valence-electron chi connectivity index (χ2n) is 3.32. The predicted molar refractivity (Wildman–Crippen MR) is 57.1 cm³/mol. The number of ether oxygens (including phenoxy) is 1. The first-order valence-electron chi connectivity index (χ1n) is 4.93. The van der Waals surface area contributed by atoms with Crippen LogP contribution in [-0.2, 0) is 4.74 Å².